The molecule has 0 saturated carbocycles. The molecule has 130 valence electrons. The van der Waals surface area contributed by atoms with Gasteiger partial charge >= 0.3 is 0 Å². The first-order chi connectivity index (χ1) is 11.6. The van der Waals surface area contributed by atoms with Gasteiger partial charge in [0.2, 0.25) is 0 Å². The maximum Gasteiger partial charge on any atom is 0.169 e. The van der Waals surface area contributed by atoms with Crippen molar-refractivity contribution >= 4 is 0 Å². The zero-order valence-electron chi connectivity index (χ0n) is 14.5. The molecule has 0 bridgehead atoms. The number of rotatable bonds is 5. The lowest BCUT2D eigenvalue weighted by Gasteiger charge is -2.32. The molecular formula is C18H26FN5. The van der Waals surface area contributed by atoms with E-state index in [0.29, 0.717) is 12.5 Å². The van der Waals surface area contributed by atoms with Gasteiger partial charge in [0.1, 0.15) is 5.82 Å². The van der Waals surface area contributed by atoms with Gasteiger partial charge in [-0.25, -0.2) is 9.07 Å². The smallest absolute Gasteiger partial charge is 0.169 e. The minimum atomic E-state index is -0.222. The Bertz CT molecular complexity index is 629. The maximum absolute atomic E-state index is 13.1. The van der Waals surface area contributed by atoms with Crippen molar-refractivity contribution in [2.45, 2.75) is 52.1 Å². The number of benzene rings is 1. The highest BCUT2D eigenvalue weighted by Gasteiger charge is 2.29. The van der Waals surface area contributed by atoms with Gasteiger partial charge in [-0.1, -0.05) is 38.8 Å². The number of hydrogen-bond donors (Lipinski definition) is 0. The Morgan fingerprint density at radius 3 is 2.33 bits per heavy atom. The highest BCUT2D eigenvalue weighted by molar-refractivity contribution is 5.16. The van der Waals surface area contributed by atoms with Crippen LogP contribution >= 0.6 is 0 Å². The zero-order valence-corrected chi connectivity index (χ0v) is 14.5. The lowest BCUT2D eigenvalue weighted by atomic mass is 10.0. The molecule has 2 heterocycles. The monoisotopic (exact) mass is 331 g/mol. The van der Waals surface area contributed by atoms with E-state index in [4.69, 9.17) is 0 Å². The highest BCUT2D eigenvalue weighted by atomic mass is 19.1. The molecular weight excluding hydrogens is 305 g/mol. The van der Waals surface area contributed by atoms with Gasteiger partial charge in [-0.05, 0) is 60.0 Å². The second-order valence-corrected chi connectivity index (χ2v) is 6.96. The van der Waals surface area contributed by atoms with Crippen molar-refractivity contribution in [3.05, 3.63) is 41.5 Å². The fraction of sp³-hybridized carbons (Fsp3) is 0.611. The predicted octanol–water partition coefficient (Wildman–Crippen LogP) is 3.43. The van der Waals surface area contributed by atoms with Crippen molar-refractivity contribution in [2.75, 3.05) is 13.1 Å². The Kier molecular flexibility index (Phi) is 5.56. The van der Waals surface area contributed by atoms with Crippen LogP contribution in [0, 0.1) is 11.7 Å². The lowest BCUT2D eigenvalue weighted by Crippen LogP contribution is -2.35. The Hall–Kier alpha value is -1.82. The normalized spacial score (nSPS) is 17.8. The van der Waals surface area contributed by atoms with E-state index in [1.165, 1.54) is 37.8 Å². The molecule has 1 fully saturated rings. The van der Waals surface area contributed by atoms with E-state index in [-0.39, 0.29) is 11.9 Å². The molecule has 0 radical (unpaired) electrons. The molecule has 1 saturated heterocycles. The van der Waals surface area contributed by atoms with Gasteiger partial charge in [0.15, 0.2) is 5.82 Å². The van der Waals surface area contributed by atoms with Crippen LogP contribution in [-0.2, 0) is 6.54 Å². The van der Waals surface area contributed by atoms with Crippen LogP contribution in [-0.4, -0.2) is 38.2 Å². The first-order valence-electron chi connectivity index (χ1n) is 8.89. The average Bonchev–Trinajstić information content (AvgIpc) is 2.83. The largest absolute Gasteiger partial charge is 0.293 e. The maximum atomic E-state index is 13.1. The van der Waals surface area contributed by atoms with Crippen molar-refractivity contribution in [1.29, 1.82) is 0 Å². The number of nitrogens with zero attached hydrogens (tertiary/aromatic N) is 5. The molecule has 6 heteroatoms. The van der Waals surface area contributed by atoms with Crippen molar-refractivity contribution in [2.24, 2.45) is 5.92 Å². The van der Waals surface area contributed by atoms with E-state index in [0.717, 1.165) is 24.5 Å². The Labute approximate surface area is 142 Å². The van der Waals surface area contributed by atoms with Crippen molar-refractivity contribution in [3.63, 3.8) is 0 Å². The summed E-state index contributed by atoms with van der Waals surface area (Å²) >= 11 is 0. The average molecular weight is 331 g/mol. The molecule has 1 unspecified atom stereocenters. The number of aromatic nitrogens is 4. The first kappa shape index (κ1) is 17.0. The SMILES string of the molecule is CC(C)C(c1nnnn1Cc1ccc(F)cc1)N1CCCCCC1. The van der Waals surface area contributed by atoms with E-state index >= 15 is 0 Å². The second-order valence-electron chi connectivity index (χ2n) is 6.96. The van der Waals surface area contributed by atoms with Gasteiger partial charge in [0.25, 0.3) is 0 Å². The number of halogens is 1. The molecule has 1 aromatic heterocycles. The fourth-order valence-corrected chi connectivity index (χ4v) is 3.56. The Morgan fingerprint density at radius 2 is 1.71 bits per heavy atom. The van der Waals surface area contributed by atoms with E-state index in [1.54, 1.807) is 12.1 Å². The topological polar surface area (TPSA) is 46.8 Å². The second kappa shape index (κ2) is 7.83. The van der Waals surface area contributed by atoms with Crippen molar-refractivity contribution in [3.8, 4) is 0 Å². The molecule has 1 aliphatic rings. The van der Waals surface area contributed by atoms with E-state index in [9.17, 15) is 4.39 Å². The van der Waals surface area contributed by atoms with Crippen LogP contribution in [0.25, 0.3) is 0 Å². The number of tetrazole rings is 1. The van der Waals surface area contributed by atoms with Crippen LogP contribution in [0.1, 0.15) is 57.0 Å². The Morgan fingerprint density at radius 1 is 1.04 bits per heavy atom. The standard InChI is InChI=1S/C18H26FN5/c1-14(2)17(23-11-5-3-4-6-12-23)18-20-21-22-24(18)13-15-7-9-16(19)10-8-15/h7-10,14,17H,3-6,11-13H2,1-2H3. The summed E-state index contributed by atoms with van der Waals surface area (Å²) in [6.45, 7) is 7.23. The highest BCUT2D eigenvalue weighted by Crippen LogP contribution is 2.29. The zero-order chi connectivity index (χ0) is 16.9. The van der Waals surface area contributed by atoms with Crippen LogP contribution < -0.4 is 0 Å². The molecule has 3 rings (SSSR count). The van der Waals surface area contributed by atoms with Gasteiger partial charge in [-0.15, -0.1) is 5.10 Å². The summed E-state index contributed by atoms with van der Waals surface area (Å²) in [5, 5.41) is 12.5. The van der Waals surface area contributed by atoms with Gasteiger partial charge in [-0.3, -0.25) is 4.90 Å². The third kappa shape index (κ3) is 3.98. The molecule has 1 atom stereocenters. The third-order valence-corrected chi connectivity index (χ3v) is 4.74. The molecule has 0 amide bonds. The molecule has 5 nitrogen and oxygen atoms in total. The van der Waals surface area contributed by atoms with Crippen molar-refractivity contribution < 1.29 is 4.39 Å². The van der Waals surface area contributed by atoms with E-state index in [2.05, 4.69) is 34.3 Å². The van der Waals surface area contributed by atoms with Gasteiger partial charge < -0.3 is 0 Å². The lowest BCUT2D eigenvalue weighted by molar-refractivity contribution is 0.148. The summed E-state index contributed by atoms with van der Waals surface area (Å²) in [5.74, 6) is 1.12. The molecule has 1 aromatic carbocycles. The van der Waals surface area contributed by atoms with Gasteiger partial charge in [0, 0.05) is 0 Å². The minimum Gasteiger partial charge on any atom is -0.293 e. The van der Waals surface area contributed by atoms with Crippen LogP contribution in [0.2, 0.25) is 0 Å². The van der Waals surface area contributed by atoms with Crippen LogP contribution in [0.5, 0.6) is 0 Å². The summed E-state index contributed by atoms with van der Waals surface area (Å²) in [4.78, 5) is 2.53. The summed E-state index contributed by atoms with van der Waals surface area (Å²) < 4.78 is 15.0. The molecule has 0 spiro atoms. The number of likely N-dealkylation sites (tertiary alicyclic amines) is 1. The predicted molar refractivity (Wildman–Crippen MR) is 90.9 cm³/mol. The summed E-state index contributed by atoms with van der Waals surface area (Å²) in [6, 6.07) is 6.76. The first-order valence-corrected chi connectivity index (χ1v) is 8.89. The third-order valence-electron chi connectivity index (χ3n) is 4.74. The van der Waals surface area contributed by atoms with E-state index < -0.39 is 0 Å². The number of hydrogen-bond acceptors (Lipinski definition) is 4. The molecule has 2 aromatic rings. The van der Waals surface area contributed by atoms with Crippen molar-refractivity contribution in [1.82, 2.24) is 25.1 Å². The Balaban J connectivity index is 1.83. The fourth-order valence-electron chi connectivity index (χ4n) is 3.56. The van der Waals surface area contributed by atoms with Gasteiger partial charge in [0.05, 0.1) is 12.6 Å². The molecule has 1 aliphatic heterocycles. The van der Waals surface area contributed by atoms with E-state index in [1.807, 2.05) is 4.68 Å². The molecule has 0 N–H and O–H groups in total. The minimum absolute atomic E-state index is 0.221. The molecule has 0 aliphatic carbocycles. The molecule has 24 heavy (non-hydrogen) atoms. The quantitative estimate of drug-likeness (QED) is 0.842. The summed E-state index contributed by atoms with van der Waals surface area (Å²) in [5.41, 5.74) is 1.00. The summed E-state index contributed by atoms with van der Waals surface area (Å²) in [7, 11) is 0. The summed E-state index contributed by atoms with van der Waals surface area (Å²) in [6.07, 6.45) is 5.09. The van der Waals surface area contributed by atoms with Gasteiger partial charge in [-0.2, -0.15) is 0 Å². The van der Waals surface area contributed by atoms with Crippen LogP contribution in [0.4, 0.5) is 4.39 Å². The van der Waals surface area contributed by atoms with Crippen LogP contribution in [0.15, 0.2) is 24.3 Å². The van der Waals surface area contributed by atoms with Crippen LogP contribution in [0.3, 0.4) is 0 Å².